The predicted molar refractivity (Wildman–Crippen MR) is 76.0 cm³/mol. The van der Waals surface area contributed by atoms with E-state index >= 15 is 0 Å². The average molecular weight is 326 g/mol. The number of pyridine rings is 1. The molecule has 0 N–H and O–H groups in total. The lowest BCUT2D eigenvalue weighted by Crippen LogP contribution is -2.43. The molecule has 5 nitrogen and oxygen atoms in total. The maximum Gasteiger partial charge on any atom is 0.433 e. The highest BCUT2D eigenvalue weighted by molar-refractivity contribution is 5.40. The number of alkyl halides is 3. The van der Waals surface area contributed by atoms with Crippen LogP contribution in [0.15, 0.2) is 18.5 Å². The molecule has 0 atom stereocenters. The van der Waals surface area contributed by atoms with Crippen LogP contribution in [0.3, 0.4) is 0 Å². The fraction of sp³-hybridized carbons (Fsp3) is 0.533. The highest BCUT2D eigenvalue weighted by Crippen LogP contribution is 2.52. The smallest absolute Gasteiger partial charge is 0.433 e. The van der Waals surface area contributed by atoms with Crippen LogP contribution in [0.25, 0.3) is 0 Å². The van der Waals surface area contributed by atoms with Gasteiger partial charge in [0.2, 0.25) is 5.88 Å². The van der Waals surface area contributed by atoms with Gasteiger partial charge in [0.1, 0.15) is 17.8 Å². The maximum absolute atomic E-state index is 13.1. The van der Waals surface area contributed by atoms with Crippen LogP contribution in [0.2, 0.25) is 0 Å². The first-order chi connectivity index (χ1) is 10.8. The number of methoxy groups -OCH3 is 1. The van der Waals surface area contributed by atoms with Gasteiger partial charge in [-0.05, 0) is 30.4 Å². The molecule has 8 heteroatoms. The Kier molecular flexibility index (Phi) is 3.57. The first-order valence-corrected chi connectivity index (χ1v) is 7.24. The molecule has 0 radical (unpaired) electrons. The summed E-state index contributed by atoms with van der Waals surface area (Å²) in [5.74, 6) is 1.02. The number of ether oxygens (including phenoxy) is 1. The van der Waals surface area contributed by atoms with Crippen molar-refractivity contribution in [3.05, 3.63) is 35.5 Å². The van der Waals surface area contributed by atoms with Crippen LogP contribution in [-0.4, -0.2) is 26.9 Å². The molecule has 3 rings (SSSR count). The van der Waals surface area contributed by atoms with Crippen LogP contribution in [0.5, 0.6) is 5.88 Å². The molecule has 1 aliphatic carbocycles. The molecule has 0 unspecified atom stereocenters. The van der Waals surface area contributed by atoms with Crippen molar-refractivity contribution < 1.29 is 17.9 Å². The van der Waals surface area contributed by atoms with Gasteiger partial charge >= 0.3 is 6.18 Å². The standard InChI is InChI=1S/C15H17F3N4O/c1-9-6-14(7-9,13-21-19-8-22(13)2)10-4-11(15(16,17)18)20-12(5-10)23-3/h4-5,8-9H,6-7H2,1-3H3. The van der Waals surface area contributed by atoms with Gasteiger partial charge in [-0.3, -0.25) is 0 Å². The number of nitrogens with zero attached hydrogens (tertiary/aromatic N) is 4. The first-order valence-electron chi connectivity index (χ1n) is 7.24. The molecule has 1 saturated carbocycles. The summed E-state index contributed by atoms with van der Waals surface area (Å²) in [6.07, 6.45) is -1.54. The minimum atomic E-state index is -4.53. The van der Waals surface area contributed by atoms with E-state index < -0.39 is 17.3 Å². The van der Waals surface area contributed by atoms with Gasteiger partial charge < -0.3 is 9.30 Å². The van der Waals surface area contributed by atoms with Gasteiger partial charge in [-0.25, -0.2) is 4.98 Å². The lowest BCUT2D eigenvalue weighted by Gasteiger charge is -2.46. The molecule has 0 spiro atoms. The zero-order valence-corrected chi connectivity index (χ0v) is 13.1. The largest absolute Gasteiger partial charge is 0.481 e. The molecule has 2 aromatic rings. The van der Waals surface area contributed by atoms with E-state index in [1.807, 2.05) is 0 Å². The Morgan fingerprint density at radius 2 is 2.00 bits per heavy atom. The van der Waals surface area contributed by atoms with Gasteiger partial charge in [0.05, 0.1) is 12.5 Å². The molecule has 0 amide bonds. The molecule has 0 saturated heterocycles. The van der Waals surface area contributed by atoms with Crippen molar-refractivity contribution in [2.45, 2.75) is 31.4 Å². The fourth-order valence-electron chi connectivity index (χ4n) is 3.43. The number of aromatic nitrogens is 4. The van der Waals surface area contributed by atoms with E-state index in [1.54, 1.807) is 24.0 Å². The van der Waals surface area contributed by atoms with Gasteiger partial charge in [0.25, 0.3) is 0 Å². The molecule has 1 aliphatic rings. The Hall–Kier alpha value is -2.12. The van der Waals surface area contributed by atoms with Crippen LogP contribution in [0.4, 0.5) is 13.2 Å². The van der Waals surface area contributed by atoms with Crippen LogP contribution < -0.4 is 4.74 Å². The second-order valence-corrected chi connectivity index (χ2v) is 6.14. The fourth-order valence-corrected chi connectivity index (χ4v) is 3.43. The molecular formula is C15H17F3N4O. The van der Waals surface area contributed by atoms with Crippen molar-refractivity contribution in [3.63, 3.8) is 0 Å². The summed E-state index contributed by atoms with van der Waals surface area (Å²) >= 11 is 0. The first kappa shape index (κ1) is 15.8. The van der Waals surface area contributed by atoms with Crippen LogP contribution in [-0.2, 0) is 18.6 Å². The van der Waals surface area contributed by atoms with Crippen LogP contribution in [0, 0.1) is 5.92 Å². The summed E-state index contributed by atoms with van der Waals surface area (Å²) in [6, 6.07) is 2.67. The number of rotatable bonds is 3. The van der Waals surface area contributed by atoms with E-state index in [4.69, 9.17) is 4.74 Å². The topological polar surface area (TPSA) is 52.8 Å². The van der Waals surface area contributed by atoms with E-state index in [0.717, 1.165) is 6.07 Å². The monoisotopic (exact) mass is 326 g/mol. The molecule has 23 heavy (non-hydrogen) atoms. The summed E-state index contributed by atoms with van der Waals surface area (Å²) in [7, 11) is 3.10. The molecule has 0 bridgehead atoms. The highest BCUT2D eigenvalue weighted by atomic mass is 19.4. The van der Waals surface area contributed by atoms with Crippen LogP contribution in [0.1, 0.15) is 36.8 Å². The minimum Gasteiger partial charge on any atom is -0.481 e. The van der Waals surface area contributed by atoms with Crippen LogP contribution >= 0.6 is 0 Å². The van der Waals surface area contributed by atoms with Gasteiger partial charge in [-0.1, -0.05) is 6.92 Å². The Bertz CT molecular complexity index is 720. The Morgan fingerprint density at radius 1 is 1.30 bits per heavy atom. The van der Waals surface area contributed by atoms with Crippen molar-refractivity contribution in [3.8, 4) is 5.88 Å². The molecule has 0 aromatic carbocycles. The maximum atomic E-state index is 13.1. The summed E-state index contributed by atoms with van der Waals surface area (Å²) in [6.45, 7) is 2.07. The molecular weight excluding hydrogens is 309 g/mol. The zero-order valence-electron chi connectivity index (χ0n) is 13.1. The normalized spacial score (nSPS) is 24.3. The average Bonchev–Trinajstić information content (AvgIpc) is 2.88. The molecule has 1 fully saturated rings. The quantitative estimate of drug-likeness (QED) is 0.870. The van der Waals surface area contributed by atoms with E-state index in [0.29, 0.717) is 30.1 Å². The van der Waals surface area contributed by atoms with E-state index in [9.17, 15) is 13.2 Å². The third-order valence-electron chi connectivity index (χ3n) is 4.39. The third-order valence-corrected chi connectivity index (χ3v) is 4.39. The lowest BCUT2D eigenvalue weighted by molar-refractivity contribution is -0.141. The summed E-state index contributed by atoms with van der Waals surface area (Å²) in [4.78, 5) is 3.53. The van der Waals surface area contributed by atoms with Crippen molar-refractivity contribution >= 4 is 0 Å². The number of hydrogen-bond acceptors (Lipinski definition) is 4. The van der Waals surface area contributed by atoms with E-state index in [1.165, 1.54) is 7.11 Å². The van der Waals surface area contributed by atoms with E-state index in [2.05, 4.69) is 22.1 Å². The number of aryl methyl sites for hydroxylation is 1. The predicted octanol–water partition coefficient (Wildman–Crippen LogP) is 2.95. The highest BCUT2D eigenvalue weighted by Gasteiger charge is 2.49. The second kappa shape index (κ2) is 5.21. The molecule has 2 aromatic heterocycles. The summed E-state index contributed by atoms with van der Waals surface area (Å²) in [5, 5.41) is 8.02. The van der Waals surface area contributed by atoms with Crippen molar-refractivity contribution in [1.82, 2.24) is 19.7 Å². The van der Waals surface area contributed by atoms with Gasteiger partial charge in [0.15, 0.2) is 0 Å². The zero-order chi connectivity index (χ0) is 16.8. The molecule has 124 valence electrons. The summed E-state index contributed by atoms with van der Waals surface area (Å²) in [5.41, 5.74) is -1.01. The Labute approximate surface area is 131 Å². The van der Waals surface area contributed by atoms with Crippen molar-refractivity contribution in [2.24, 2.45) is 13.0 Å². The van der Waals surface area contributed by atoms with Crippen molar-refractivity contribution in [2.75, 3.05) is 7.11 Å². The van der Waals surface area contributed by atoms with Crippen molar-refractivity contribution in [1.29, 1.82) is 0 Å². The second-order valence-electron chi connectivity index (χ2n) is 6.14. The van der Waals surface area contributed by atoms with E-state index in [-0.39, 0.29) is 5.88 Å². The Morgan fingerprint density at radius 3 is 2.48 bits per heavy atom. The third kappa shape index (κ3) is 2.55. The Balaban J connectivity index is 2.16. The lowest BCUT2D eigenvalue weighted by atomic mass is 9.58. The SMILES string of the molecule is COc1cc(C2(c3nncn3C)CC(C)C2)cc(C(F)(F)F)n1. The minimum absolute atomic E-state index is 0.0454. The van der Waals surface area contributed by atoms with Gasteiger partial charge in [0, 0.05) is 13.1 Å². The van der Waals surface area contributed by atoms with Gasteiger partial charge in [-0.2, -0.15) is 13.2 Å². The van der Waals surface area contributed by atoms with Gasteiger partial charge in [-0.15, -0.1) is 10.2 Å². The summed E-state index contributed by atoms with van der Waals surface area (Å²) < 4.78 is 46.2. The number of hydrogen-bond donors (Lipinski definition) is 0. The molecule has 2 heterocycles. The molecule has 0 aliphatic heterocycles. The number of halogens is 3.